The maximum absolute atomic E-state index is 5.39. The van der Waals surface area contributed by atoms with Gasteiger partial charge in [-0.2, -0.15) is 0 Å². The molecule has 0 radical (unpaired) electrons. The lowest BCUT2D eigenvalue weighted by Crippen LogP contribution is -2.49. The summed E-state index contributed by atoms with van der Waals surface area (Å²) in [5.74, 6) is 0. The molecule has 0 aromatic heterocycles. The van der Waals surface area contributed by atoms with Crippen LogP contribution < -0.4 is 10.2 Å². The molecule has 0 spiro atoms. The molecular weight excluding hydrogens is 262 g/mol. The zero-order valence-corrected chi connectivity index (χ0v) is 12.8. The molecule has 1 N–H and O–H groups in total. The molecule has 2 aliphatic heterocycles. The van der Waals surface area contributed by atoms with Crippen molar-refractivity contribution < 1.29 is 4.74 Å². The molecule has 0 amide bonds. The van der Waals surface area contributed by atoms with Crippen molar-refractivity contribution in [3.8, 4) is 0 Å². The molecule has 2 aliphatic rings. The molecule has 21 heavy (non-hydrogen) atoms. The molecule has 2 saturated heterocycles. The summed E-state index contributed by atoms with van der Waals surface area (Å²) in [6.07, 6.45) is 2.34. The lowest BCUT2D eigenvalue weighted by Gasteiger charge is -2.36. The summed E-state index contributed by atoms with van der Waals surface area (Å²) in [6, 6.07) is 11.4. The van der Waals surface area contributed by atoms with Crippen molar-refractivity contribution in [1.29, 1.82) is 0 Å². The van der Waals surface area contributed by atoms with Gasteiger partial charge >= 0.3 is 0 Å². The monoisotopic (exact) mass is 289 g/mol. The standard InChI is InChI=1S/C17H27N3O/c1-2-4-17(5-3-1)20-12-10-19(11-13-20)9-8-18-16-6-14-21-15-7-16/h1-5,16,18H,6-15H2. The average Bonchev–Trinajstić information content (AvgIpc) is 2.57. The first-order valence-corrected chi connectivity index (χ1v) is 8.25. The Labute approximate surface area is 128 Å². The van der Waals surface area contributed by atoms with E-state index in [1.807, 2.05) is 0 Å². The highest BCUT2D eigenvalue weighted by atomic mass is 16.5. The van der Waals surface area contributed by atoms with Gasteiger partial charge in [0, 0.05) is 64.2 Å². The first-order valence-electron chi connectivity index (χ1n) is 8.25. The molecule has 4 nitrogen and oxygen atoms in total. The van der Waals surface area contributed by atoms with Gasteiger partial charge in [0.15, 0.2) is 0 Å². The molecule has 0 bridgehead atoms. The van der Waals surface area contributed by atoms with Crippen molar-refractivity contribution >= 4 is 5.69 Å². The van der Waals surface area contributed by atoms with Gasteiger partial charge in [-0.15, -0.1) is 0 Å². The van der Waals surface area contributed by atoms with E-state index in [4.69, 9.17) is 4.74 Å². The van der Waals surface area contributed by atoms with Crippen LogP contribution in [0.25, 0.3) is 0 Å². The number of anilines is 1. The van der Waals surface area contributed by atoms with Crippen molar-refractivity contribution in [3.05, 3.63) is 30.3 Å². The van der Waals surface area contributed by atoms with Gasteiger partial charge < -0.3 is 15.0 Å². The highest BCUT2D eigenvalue weighted by molar-refractivity contribution is 5.46. The van der Waals surface area contributed by atoms with Gasteiger partial charge in [-0.3, -0.25) is 4.90 Å². The minimum absolute atomic E-state index is 0.671. The van der Waals surface area contributed by atoms with Crippen LogP contribution in [0.1, 0.15) is 12.8 Å². The molecular formula is C17H27N3O. The topological polar surface area (TPSA) is 27.7 Å². The number of ether oxygens (including phenoxy) is 1. The maximum Gasteiger partial charge on any atom is 0.0480 e. The van der Waals surface area contributed by atoms with E-state index in [1.54, 1.807) is 0 Å². The van der Waals surface area contributed by atoms with E-state index in [1.165, 1.54) is 38.2 Å². The summed E-state index contributed by atoms with van der Waals surface area (Å²) in [6.45, 7) is 8.74. The van der Waals surface area contributed by atoms with Crippen LogP contribution in [0.2, 0.25) is 0 Å². The van der Waals surface area contributed by atoms with Gasteiger partial charge in [0.1, 0.15) is 0 Å². The number of hydrogen-bond donors (Lipinski definition) is 1. The van der Waals surface area contributed by atoms with E-state index < -0.39 is 0 Å². The predicted octanol–water partition coefficient (Wildman–Crippen LogP) is 1.58. The quantitative estimate of drug-likeness (QED) is 0.891. The first-order chi connectivity index (χ1) is 10.4. The molecule has 0 unspecified atom stereocenters. The van der Waals surface area contributed by atoms with Gasteiger partial charge in [0.25, 0.3) is 0 Å². The third-order valence-corrected chi connectivity index (χ3v) is 4.58. The largest absolute Gasteiger partial charge is 0.381 e. The molecule has 0 atom stereocenters. The second-order valence-electron chi connectivity index (χ2n) is 6.01. The molecule has 2 heterocycles. The van der Waals surface area contributed by atoms with Crippen molar-refractivity contribution in [1.82, 2.24) is 10.2 Å². The number of piperazine rings is 1. The van der Waals surface area contributed by atoms with Crippen LogP contribution in [0, 0.1) is 0 Å². The zero-order valence-electron chi connectivity index (χ0n) is 12.8. The van der Waals surface area contributed by atoms with E-state index in [2.05, 4.69) is 45.4 Å². The Morgan fingerprint density at radius 2 is 1.71 bits per heavy atom. The van der Waals surface area contributed by atoms with Crippen molar-refractivity contribution in [2.24, 2.45) is 0 Å². The van der Waals surface area contributed by atoms with Crippen LogP contribution in [-0.4, -0.2) is 63.4 Å². The molecule has 116 valence electrons. The number of hydrogen-bond acceptors (Lipinski definition) is 4. The second-order valence-corrected chi connectivity index (χ2v) is 6.01. The zero-order chi connectivity index (χ0) is 14.3. The third kappa shape index (κ3) is 4.43. The van der Waals surface area contributed by atoms with Crippen LogP contribution in [-0.2, 0) is 4.74 Å². The Morgan fingerprint density at radius 3 is 2.43 bits per heavy atom. The van der Waals surface area contributed by atoms with Crippen LogP contribution in [0.3, 0.4) is 0 Å². The molecule has 1 aromatic rings. The van der Waals surface area contributed by atoms with Crippen molar-refractivity contribution in [3.63, 3.8) is 0 Å². The first kappa shape index (κ1) is 14.8. The van der Waals surface area contributed by atoms with Gasteiger partial charge in [-0.25, -0.2) is 0 Å². The minimum atomic E-state index is 0.671. The van der Waals surface area contributed by atoms with E-state index >= 15 is 0 Å². The minimum Gasteiger partial charge on any atom is -0.381 e. The highest BCUT2D eigenvalue weighted by Crippen LogP contribution is 2.15. The second kappa shape index (κ2) is 7.78. The fourth-order valence-electron chi connectivity index (χ4n) is 3.20. The Morgan fingerprint density at radius 1 is 1.00 bits per heavy atom. The Balaban J connectivity index is 1.34. The smallest absolute Gasteiger partial charge is 0.0480 e. The lowest BCUT2D eigenvalue weighted by atomic mass is 10.1. The molecule has 1 aromatic carbocycles. The molecule has 3 rings (SSSR count). The lowest BCUT2D eigenvalue weighted by molar-refractivity contribution is 0.0771. The number of para-hydroxylation sites is 1. The normalized spacial score (nSPS) is 21.6. The Hall–Kier alpha value is -1.10. The van der Waals surface area contributed by atoms with Gasteiger partial charge in [0.05, 0.1) is 0 Å². The highest BCUT2D eigenvalue weighted by Gasteiger charge is 2.17. The summed E-state index contributed by atoms with van der Waals surface area (Å²) in [5, 5.41) is 3.68. The van der Waals surface area contributed by atoms with E-state index in [0.29, 0.717) is 6.04 Å². The summed E-state index contributed by atoms with van der Waals surface area (Å²) >= 11 is 0. The van der Waals surface area contributed by atoms with Crippen LogP contribution in [0.4, 0.5) is 5.69 Å². The summed E-state index contributed by atoms with van der Waals surface area (Å²) < 4.78 is 5.39. The van der Waals surface area contributed by atoms with Gasteiger partial charge in [-0.1, -0.05) is 18.2 Å². The summed E-state index contributed by atoms with van der Waals surface area (Å²) in [4.78, 5) is 5.06. The Kier molecular flexibility index (Phi) is 5.49. The Bertz CT molecular complexity index is 398. The van der Waals surface area contributed by atoms with E-state index in [9.17, 15) is 0 Å². The molecule has 2 fully saturated rings. The fourth-order valence-corrected chi connectivity index (χ4v) is 3.20. The fraction of sp³-hybridized carbons (Fsp3) is 0.647. The van der Waals surface area contributed by atoms with E-state index in [0.717, 1.165) is 32.8 Å². The van der Waals surface area contributed by atoms with Crippen molar-refractivity contribution in [2.75, 3.05) is 57.4 Å². The van der Waals surface area contributed by atoms with E-state index in [-0.39, 0.29) is 0 Å². The van der Waals surface area contributed by atoms with Gasteiger partial charge in [0.2, 0.25) is 0 Å². The molecule has 0 aliphatic carbocycles. The van der Waals surface area contributed by atoms with Crippen LogP contribution in [0.5, 0.6) is 0 Å². The number of nitrogens with zero attached hydrogens (tertiary/aromatic N) is 2. The summed E-state index contributed by atoms with van der Waals surface area (Å²) in [5.41, 5.74) is 1.36. The van der Waals surface area contributed by atoms with Crippen LogP contribution >= 0.6 is 0 Å². The molecule has 0 saturated carbocycles. The van der Waals surface area contributed by atoms with Gasteiger partial charge in [-0.05, 0) is 25.0 Å². The van der Waals surface area contributed by atoms with Crippen molar-refractivity contribution in [2.45, 2.75) is 18.9 Å². The predicted molar refractivity (Wildman–Crippen MR) is 86.9 cm³/mol. The number of nitrogens with one attached hydrogen (secondary N) is 1. The SMILES string of the molecule is c1ccc(N2CCN(CCNC3CCOCC3)CC2)cc1. The summed E-state index contributed by atoms with van der Waals surface area (Å²) in [7, 11) is 0. The third-order valence-electron chi connectivity index (χ3n) is 4.58. The molecule has 4 heteroatoms. The van der Waals surface area contributed by atoms with Crippen LogP contribution in [0.15, 0.2) is 30.3 Å². The maximum atomic E-state index is 5.39. The average molecular weight is 289 g/mol. The number of benzene rings is 1. The number of rotatable bonds is 5.